The maximum Gasteiger partial charge on any atom is 0.296 e. The highest BCUT2D eigenvalue weighted by Gasteiger charge is 2.24. The summed E-state index contributed by atoms with van der Waals surface area (Å²) in [6.45, 7) is 10.1. The number of hydroxylamine groups is 2. The second-order valence-corrected chi connectivity index (χ2v) is 17.3. The molecule has 0 fully saturated rings. The molecule has 4 aromatic rings. The largest absolute Gasteiger partial charge is 0.493 e. The Hall–Kier alpha value is -4.13. The SMILES string of the molecule is CCOc1cc(C(=O)N(C)Cc2cnc(C(=O)N(C)OC)c3cnn(COCC[Si](C)(C)C)c23)ccc1-c1cccc(F)c1. The van der Waals surface area contributed by atoms with Crippen molar-refractivity contribution < 1.29 is 28.3 Å². The van der Waals surface area contributed by atoms with Crippen molar-refractivity contribution in [1.29, 1.82) is 0 Å². The van der Waals surface area contributed by atoms with Crippen LogP contribution >= 0.6 is 0 Å². The minimum Gasteiger partial charge on any atom is -0.493 e. The first-order valence-electron chi connectivity index (χ1n) is 14.4. The molecular weight excluding hydrogens is 581 g/mol. The number of hydrogen-bond acceptors (Lipinski definition) is 7. The predicted molar refractivity (Wildman–Crippen MR) is 170 cm³/mol. The van der Waals surface area contributed by atoms with Crippen molar-refractivity contribution in [2.75, 3.05) is 34.4 Å². The zero-order chi connectivity index (χ0) is 32.0. The number of benzene rings is 2. The van der Waals surface area contributed by atoms with Crippen LogP contribution in [-0.4, -0.2) is 79.0 Å². The van der Waals surface area contributed by atoms with Crippen molar-refractivity contribution in [3.63, 3.8) is 0 Å². The highest BCUT2D eigenvalue weighted by Crippen LogP contribution is 2.32. The summed E-state index contributed by atoms with van der Waals surface area (Å²) in [6.07, 6.45) is 3.17. The summed E-state index contributed by atoms with van der Waals surface area (Å²) in [5.74, 6) is -0.539. The number of amides is 2. The molecule has 12 heteroatoms. The van der Waals surface area contributed by atoms with Gasteiger partial charge in [-0.2, -0.15) is 5.10 Å². The number of halogens is 1. The third-order valence-corrected chi connectivity index (χ3v) is 8.84. The van der Waals surface area contributed by atoms with Gasteiger partial charge in [-0.15, -0.1) is 0 Å². The molecule has 0 saturated heterocycles. The molecule has 44 heavy (non-hydrogen) atoms. The molecule has 2 aromatic heterocycles. The van der Waals surface area contributed by atoms with Crippen LogP contribution in [0.25, 0.3) is 22.0 Å². The van der Waals surface area contributed by atoms with Gasteiger partial charge < -0.3 is 14.4 Å². The zero-order valence-corrected chi connectivity index (χ0v) is 27.4. The van der Waals surface area contributed by atoms with Gasteiger partial charge in [-0.1, -0.05) is 31.8 Å². The lowest BCUT2D eigenvalue weighted by Gasteiger charge is -2.20. The molecule has 10 nitrogen and oxygen atoms in total. The number of carbonyl (C=O) groups is 2. The van der Waals surface area contributed by atoms with Crippen LogP contribution in [0.5, 0.6) is 5.75 Å². The van der Waals surface area contributed by atoms with Crippen LogP contribution in [0.1, 0.15) is 33.3 Å². The van der Waals surface area contributed by atoms with Crippen molar-refractivity contribution >= 4 is 30.8 Å². The van der Waals surface area contributed by atoms with Gasteiger partial charge >= 0.3 is 0 Å². The van der Waals surface area contributed by atoms with Gasteiger partial charge in [0, 0.05) is 58.2 Å². The molecule has 0 aliphatic carbocycles. The second kappa shape index (κ2) is 14.1. The minimum atomic E-state index is -1.28. The summed E-state index contributed by atoms with van der Waals surface area (Å²) in [5.41, 5.74) is 3.29. The molecule has 0 spiro atoms. The smallest absolute Gasteiger partial charge is 0.296 e. The van der Waals surface area contributed by atoms with E-state index in [1.165, 1.54) is 26.3 Å². The average molecular weight is 622 g/mol. The summed E-state index contributed by atoms with van der Waals surface area (Å²) in [5, 5.41) is 6.14. The molecule has 0 saturated carbocycles. The second-order valence-electron chi connectivity index (χ2n) is 11.7. The monoisotopic (exact) mass is 621 g/mol. The molecule has 0 unspecified atom stereocenters. The third kappa shape index (κ3) is 7.68. The Morgan fingerprint density at radius 2 is 1.82 bits per heavy atom. The van der Waals surface area contributed by atoms with Crippen molar-refractivity contribution in [2.24, 2.45) is 0 Å². The van der Waals surface area contributed by atoms with Gasteiger partial charge in [0.05, 0.1) is 30.8 Å². The van der Waals surface area contributed by atoms with Crippen molar-refractivity contribution in [3.8, 4) is 16.9 Å². The van der Waals surface area contributed by atoms with E-state index in [-0.39, 0.29) is 30.7 Å². The van der Waals surface area contributed by atoms with E-state index in [1.54, 1.807) is 59.4 Å². The molecule has 2 amide bonds. The third-order valence-electron chi connectivity index (χ3n) is 7.14. The first-order valence-corrected chi connectivity index (χ1v) is 18.2. The fourth-order valence-corrected chi connectivity index (χ4v) is 5.45. The van der Waals surface area contributed by atoms with E-state index >= 15 is 0 Å². The Balaban J connectivity index is 1.64. The molecular formula is C32H40FN5O5Si. The first-order chi connectivity index (χ1) is 20.9. The van der Waals surface area contributed by atoms with E-state index in [4.69, 9.17) is 14.3 Å². The van der Waals surface area contributed by atoms with E-state index in [0.717, 1.165) is 11.1 Å². The van der Waals surface area contributed by atoms with Gasteiger partial charge in [0.25, 0.3) is 11.8 Å². The normalized spacial score (nSPS) is 11.5. The number of ether oxygens (including phenoxy) is 2. The van der Waals surface area contributed by atoms with Crippen molar-refractivity contribution in [2.45, 2.75) is 45.9 Å². The quantitative estimate of drug-likeness (QED) is 0.105. The predicted octanol–water partition coefficient (Wildman–Crippen LogP) is 5.85. The topological polar surface area (TPSA) is 99.0 Å². The minimum absolute atomic E-state index is 0.185. The molecule has 234 valence electrons. The lowest BCUT2D eigenvalue weighted by atomic mass is 10.0. The van der Waals surface area contributed by atoms with E-state index in [2.05, 4.69) is 29.7 Å². The lowest BCUT2D eigenvalue weighted by molar-refractivity contribution is -0.0759. The standard InChI is InChI=1S/C32H40FN5O5Si/c1-8-43-28-17-23(12-13-26(28)22-10-9-11-25(33)16-22)31(39)36(2)20-24-18-34-29(32(40)37(3)41-4)27-19-35-38(30(24)27)21-42-14-15-44(5,6)7/h9-13,16-19H,8,14-15,20-21H2,1-7H3. The number of hydrogen-bond donors (Lipinski definition) is 0. The van der Waals surface area contributed by atoms with Crippen molar-refractivity contribution in [1.82, 2.24) is 24.7 Å². The van der Waals surface area contributed by atoms with Gasteiger partial charge in [-0.05, 0) is 48.9 Å². The maximum absolute atomic E-state index is 13.9. The van der Waals surface area contributed by atoms with Crippen LogP contribution in [0.15, 0.2) is 54.9 Å². The summed E-state index contributed by atoms with van der Waals surface area (Å²) in [7, 11) is 3.32. The fourth-order valence-electron chi connectivity index (χ4n) is 4.69. The van der Waals surface area contributed by atoms with Crippen LogP contribution in [0, 0.1) is 5.82 Å². The molecule has 4 rings (SSSR count). The van der Waals surface area contributed by atoms with Crippen LogP contribution in [0.3, 0.4) is 0 Å². The number of pyridine rings is 1. The zero-order valence-electron chi connectivity index (χ0n) is 26.4. The van der Waals surface area contributed by atoms with Crippen LogP contribution in [-0.2, 0) is 22.9 Å². The summed E-state index contributed by atoms with van der Waals surface area (Å²) in [4.78, 5) is 37.8. The fraction of sp³-hybridized carbons (Fsp3) is 0.375. The van der Waals surface area contributed by atoms with E-state index in [0.29, 0.717) is 52.1 Å². The number of carbonyl (C=O) groups excluding carboxylic acids is 2. The van der Waals surface area contributed by atoms with Gasteiger partial charge in [-0.3, -0.25) is 14.4 Å². The number of fused-ring (bicyclic) bond motifs is 1. The molecule has 0 N–H and O–H groups in total. The van der Waals surface area contributed by atoms with Gasteiger partial charge in [0.15, 0.2) is 0 Å². The van der Waals surface area contributed by atoms with Crippen LogP contribution < -0.4 is 4.74 Å². The molecule has 0 aliphatic heterocycles. The van der Waals surface area contributed by atoms with Gasteiger partial charge in [0.2, 0.25) is 0 Å². The highest BCUT2D eigenvalue weighted by atomic mass is 28.3. The summed E-state index contributed by atoms with van der Waals surface area (Å²) in [6, 6.07) is 12.4. The Bertz CT molecular complexity index is 1640. The average Bonchev–Trinajstić information content (AvgIpc) is 3.42. The van der Waals surface area contributed by atoms with Crippen molar-refractivity contribution in [3.05, 3.63) is 77.5 Å². The molecule has 0 bridgehead atoms. The van der Waals surface area contributed by atoms with Crippen LogP contribution in [0.4, 0.5) is 4.39 Å². The number of aromatic nitrogens is 3. The maximum atomic E-state index is 13.9. The number of rotatable bonds is 13. The molecule has 0 aliphatic rings. The Morgan fingerprint density at radius 1 is 1.05 bits per heavy atom. The summed E-state index contributed by atoms with van der Waals surface area (Å²) < 4.78 is 27.4. The van der Waals surface area contributed by atoms with Crippen LogP contribution in [0.2, 0.25) is 25.7 Å². The van der Waals surface area contributed by atoms with Gasteiger partial charge in [0.1, 0.15) is 24.0 Å². The highest BCUT2D eigenvalue weighted by molar-refractivity contribution is 6.76. The molecule has 0 radical (unpaired) electrons. The lowest BCUT2D eigenvalue weighted by Crippen LogP contribution is -2.28. The van der Waals surface area contributed by atoms with E-state index in [9.17, 15) is 14.0 Å². The summed E-state index contributed by atoms with van der Waals surface area (Å²) >= 11 is 0. The number of nitrogens with zero attached hydrogens (tertiary/aromatic N) is 5. The van der Waals surface area contributed by atoms with Gasteiger partial charge in [-0.25, -0.2) is 19.1 Å². The Labute approximate surface area is 258 Å². The first kappa shape index (κ1) is 32.8. The Morgan fingerprint density at radius 3 is 2.50 bits per heavy atom. The molecule has 2 heterocycles. The molecule has 0 atom stereocenters. The molecule has 2 aromatic carbocycles. The van der Waals surface area contributed by atoms with E-state index in [1.807, 2.05) is 6.92 Å². The Kier molecular flexibility index (Phi) is 10.5. The van der Waals surface area contributed by atoms with E-state index < -0.39 is 14.0 Å².